The summed E-state index contributed by atoms with van der Waals surface area (Å²) in [6, 6.07) is 5.95. The lowest BCUT2D eigenvalue weighted by atomic mass is 9.98. The highest BCUT2D eigenvalue weighted by Crippen LogP contribution is 2.29. The van der Waals surface area contributed by atoms with E-state index >= 15 is 0 Å². The summed E-state index contributed by atoms with van der Waals surface area (Å²) in [5, 5.41) is 18.7. The van der Waals surface area contributed by atoms with Gasteiger partial charge in [-0.05, 0) is 55.4 Å². The maximum atomic E-state index is 10.0. The molecule has 3 nitrogen and oxygen atoms in total. The topological polar surface area (TPSA) is 49.7 Å². The van der Waals surface area contributed by atoms with E-state index in [9.17, 15) is 5.11 Å². The van der Waals surface area contributed by atoms with Crippen molar-refractivity contribution >= 4 is 0 Å². The number of fused-ring (bicyclic) bond motifs is 1. The van der Waals surface area contributed by atoms with Gasteiger partial charge in [0.25, 0.3) is 0 Å². The number of aliphatic hydroxyl groups is 2. The normalized spacial score (nSPS) is 16.1. The van der Waals surface area contributed by atoms with Crippen LogP contribution in [-0.2, 0) is 6.42 Å². The lowest BCUT2D eigenvalue weighted by Crippen LogP contribution is -2.09. The Balaban J connectivity index is 2.00. The van der Waals surface area contributed by atoms with Crippen LogP contribution in [0.15, 0.2) is 18.2 Å². The third-order valence-corrected chi connectivity index (χ3v) is 3.20. The van der Waals surface area contributed by atoms with E-state index in [-0.39, 0.29) is 6.61 Å². The molecule has 0 aromatic heterocycles. The molecule has 2 N–H and O–H groups in total. The molecule has 0 fully saturated rings. The van der Waals surface area contributed by atoms with Gasteiger partial charge >= 0.3 is 0 Å². The predicted molar refractivity (Wildman–Crippen MR) is 66.2 cm³/mol. The number of hydrogen-bond acceptors (Lipinski definition) is 3. The molecule has 1 aromatic rings. The van der Waals surface area contributed by atoms with Crippen LogP contribution in [0.2, 0.25) is 0 Å². The zero-order chi connectivity index (χ0) is 12.1. The molecule has 1 aromatic carbocycles. The minimum Gasteiger partial charge on any atom is -0.493 e. The van der Waals surface area contributed by atoms with Crippen LogP contribution in [0.5, 0.6) is 5.75 Å². The van der Waals surface area contributed by atoms with Crippen LogP contribution in [0.1, 0.15) is 42.9 Å². The summed E-state index contributed by atoms with van der Waals surface area (Å²) in [6.45, 7) is 0.996. The monoisotopic (exact) mass is 236 g/mol. The minimum atomic E-state index is -0.422. The van der Waals surface area contributed by atoms with Crippen molar-refractivity contribution in [3.63, 3.8) is 0 Å². The predicted octanol–water partition coefficient (Wildman–Crippen LogP) is 2.21. The average Bonchev–Trinajstić information content (AvgIpc) is 2.38. The summed E-state index contributed by atoms with van der Waals surface area (Å²) in [6.07, 6.45) is 3.98. The first-order chi connectivity index (χ1) is 8.31. The minimum absolute atomic E-state index is 0.199. The summed E-state index contributed by atoms with van der Waals surface area (Å²) in [5.41, 5.74) is 2.17. The fourth-order valence-electron chi connectivity index (χ4n) is 2.20. The van der Waals surface area contributed by atoms with Crippen molar-refractivity contribution in [3.05, 3.63) is 29.3 Å². The Labute approximate surface area is 102 Å². The first kappa shape index (κ1) is 12.4. The molecular weight excluding hydrogens is 216 g/mol. The van der Waals surface area contributed by atoms with Crippen molar-refractivity contribution in [1.29, 1.82) is 0 Å². The van der Waals surface area contributed by atoms with Gasteiger partial charge in [0.05, 0.1) is 12.7 Å². The van der Waals surface area contributed by atoms with Gasteiger partial charge < -0.3 is 14.9 Å². The SMILES string of the molecule is OCCCCC(O)c1ccc2c(c1)CCCO2. The lowest BCUT2D eigenvalue weighted by Gasteiger charge is -2.19. The van der Waals surface area contributed by atoms with Gasteiger partial charge in [-0.15, -0.1) is 0 Å². The molecule has 0 aliphatic carbocycles. The van der Waals surface area contributed by atoms with Crippen molar-refractivity contribution in [1.82, 2.24) is 0 Å². The smallest absolute Gasteiger partial charge is 0.122 e. The molecule has 1 aliphatic heterocycles. The van der Waals surface area contributed by atoms with Crippen LogP contribution in [0.4, 0.5) is 0 Å². The first-order valence-electron chi connectivity index (χ1n) is 6.36. The number of aryl methyl sites for hydroxylation is 1. The highest BCUT2D eigenvalue weighted by atomic mass is 16.5. The van der Waals surface area contributed by atoms with Gasteiger partial charge in [0, 0.05) is 6.61 Å². The largest absolute Gasteiger partial charge is 0.493 e. The molecule has 0 bridgehead atoms. The molecule has 2 rings (SSSR count). The molecule has 0 saturated carbocycles. The van der Waals surface area contributed by atoms with Crippen molar-refractivity contribution in [2.45, 2.75) is 38.2 Å². The Morgan fingerprint density at radius 1 is 1.29 bits per heavy atom. The highest BCUT2D eigenvalue weighted by molar-refractivity contribution is 5.39. The summed E-state index contributed by atoms with van der Waals surface area (Å²) in [4.78, 5) is 0. The molecule has 17 heavy (non-hydrogen) atoms. The third-order valence-electron chi connectivity index (χ3n) is 3.20. The van der Waals surface area contributed by atoms with E-state index in [1.807, 2.05) is 12.1 Å². The molecule has 0 spiro atoms. The van der Waals surface area contributed by atoms with Crippen LogP contribution in [0.3, 0.4) is 0 Å². The van der Waals surface area contributed by atoms with Gasteiger partial charge in [0.2, 0.25) is 0 Å². The van der Waals surface area contributed by atoms with Crippen LogP contribution >= 0.6 is 0 Å². The summed E-state index contributed by atoms with van der Waals surface area (Å²) in [5.74, 6) is 0.961. The Morgan fingerprint density at radius 2 is 2.18 bits per heavy atom. The second kappa shape index (κ2) is 6.03. The molecule has 1 heterocycles. The van der Waals surface area contributed by atoms with Crippen LogP contribution < -0.4 is 4.74 Å². The Bertz CT molecular complexity index is 362. The van der Waals surface area contributed by atoms with Gasteiger partial charge in [-0.1, -0.05) is 6.07 Å². The molecular formula is C14H20O3. The Hall–Kier alpha value is -1.06. The maximum Gasteiger partial charge on any atom is 0.122 e. The standard InChI is InChI=1S/C14H20O3/c15-8-2-1-5-13(16)11-6-7-14-12(10-11)4-3-9-17-14/h6-7,10,13,15-16H,1-5,8-9H2. The fourth-order valence-corrected chi connectivity index (χ4v) is 2.20. The zero-order valence-corrected chi connectivity index (χ0v) is 10.1. The second-order valence-corrected chi connectivity index (χ2v) is 4.55. The van der Waals surface area contributed by atoms with E-state index in [0.717, 1.165) is 43.6 Å². The number of rotatable bonds is 5. The number of unbranched alkanes of at least 4 members (excludes halogenated alkanes) is 1. The van der Waals surface area contributed by atoms with Gasteiger partial charge in [0.15, 0.2) is 0 Å². The van der Waals surface area contributed by atoms with Crippen LogP contribution in [-0.4, -0.2) is 23.4 Å². The summed E-state index contributed by atoms with van der Waals surface area (Å²) in [7, 11) is 0. The van der Waals surface area contributed by atoms with E-state index in [2.05, 4.69) is 6.07 Å². The maximum absolute atomic E-state index is 10.0. The lowest BCUT2D eigenvalue weighted by molar-refractivity contribution is 0.159. The third kappa shape index (κ3) is 3.20. The Morgan fingerprint density at radius 3 is 3.00 bits per heavy atom. The number of benzene rings is 1. The molecule has 0 radical (unpaired) electrons. The van der Waals surface area contributed by atoms with E-state index in [1.165, 1.54) is 5.56 Å². The molecule has 3 heteroatoms. The van der Waals surface area contributed by atoms with Crippen molar-refractivity contribution in [2.75, 3.05) is 13.2 Å². The molecule has 94 valence electrons. The number of aliphatic hydroxyl groups excluding tert-OH is 2. The molecule has 1 unspecified atom stereocenters. The van der Waals surface area contributed by atoms with E-state index in [4.69, 9.17) is 9.84 Å². The van der Waals surface area contributed by atoms with Crippen LogP contribution in [0, 0.1) is 0 Å². The molecule has 1 atom stereocenters. The number of ether oxygens (including phenoxy) is 1. The van der Waals surface area contributed by atoms with Gasteiger partial charge in [-0.25, -0.2) is 0 Å². The van der Waals surface area contributed by atoms with E-state index in [0.29, 0.717) is 6.42 Å². The van der Waals surface area contributed by atoms with Crippen molar-refractivity contribution in [2.24, 2.45) is 0 Å². The van der Waals surface area contributed by atoms with Crippen molar-refractivity contribution < 1.29 is 14.9 Å². The van der Waals surface area contributed by atoms with Crippen molar-refractivity contribution in [3.8, 4) is 5.75 Å². The highest BCUT2D eigenvalue weighted by Gasteiger charge is 2.13. The van der Waals surface area contributed by atoms with Crippen LogP contribution in [0.25, 0.3) is 0 Å². The zero-order valence-electron chi connectivity index (χ0n) is 10.1. The van der Waals surface area contributed by atoms with Gasteiger partial charge in [-0.3, -0.25) is 0 Å². The average molecular weight is 236 g/mol. The molecule has 1 aliphatic rings. The summed E-state index contributed by atoms with van der Waals surface area (Å²) < 4.78 is 5.54. The Kier molecular flexibility index (Phi) is 4.40. The second-order valence-electron chi connectivity index (χ2n) is 4.55. The number of hydrogen-bond donors (Lipinski definition) is 2. The fraction of sp³-hybridized carbons (Fsp3) is 0.571. The molecule has 0 amide bonds. The van der Waals surface area contributed by atoms with E-state index < -0.39 is 6.10 Å². The van der Waals surface area contributed by atoms with Gasteiger partial charge in [0.1, 0.15) is 5.75 Å². The van der Waals surface area contributed by atoms with Gasteiger partial charge in [-0.2, -0.15) is 0 Å². The summed E-state index contributed by atoms with van der Waals surface area (Å²) >= 11 is 0. The van der Waals surface area contributed by atoms with E-state index in [1.54, 1.807) is 0 Å². The first-order valence-corrected chi connectivity index (χ1v) is 6.36. The molecule has 0 saturated heterocycles. The quantitative estimate of drug-likeness (QED) is 0.771.